The first-order valence-electron chi connectivity index (χ1n) is 15.6. The number of benzene rings is 4. The molecular formula is C40H37BrClN3O6. The van der Waals surface area contributed by atoms with Crippen LogP contribution in [-0.2, 0) is 0 Å². The monoisotopic (exact) mass is 769 g/mol. The SMILES string of the molecule is C.Cc1ccc(NC(CC(=O)c2ccc(Br)cc2)c2ccco2)cc1.O=C(CC(Nc1ccc([N+](=O)[O-])cc1)c1ccco1)c1ccc(Cl)cc1. The molecule has 11 heteroatoms. The lowest BCUT2D eigenvalue weighted by atomic mass is 10.0. The molecule has 2 atom stereocenters. The molecule has 9 nitrogen and oxygen atoms in total. The number of nitrogens with one attached hydrogen (secondary N) is 2. The summed E-state index contributed by atoms with van der Waals surface area (Å²) < 4.78 is 11.9. The minimum atomic E-state index is -0.460. The molecule has 0 amide bonds. The summed E-state index contributed by atoms with van der Waals surface area (Å²) in [6.45, 7) is 2.05. The zero-order valence-corrected chi connectivity index (χ0v) is 29.3. The third kappa shape index (κ3) is 11.3. The largest absolute Gasteiger partial charge is 0.467 e. The fraction of sp³-hybridized carbons (Fsp3) is 0.150. The van der Waals surface area contributed by atoms with E-state index in [2.05, 4.69) is 26.6 Å². The van der Waals surface area contributed by atoms with Gasteiger partial charge in [-0.15, -0.1) is 0 Å². The lowest BCUT2D eigenvalue weighted by Crippen LogP contribution is -2.15. The summed E-state index contributed by atoms with van der Waals surface area (Å²) in [7, 11) is 0. The number of halogens is 2. The van der Waals surface area contributed by atoms with E-state index >= 15 is 0 Å². The Morgan fingerprint density at radius 2 is 1.14 bits per heavy atom. The van der Waals surface area contributed by atoms with Gasteiger partial charge in [-0.2, -0.15) is 0 Å². The van der Waals surface area contributed by atoms with Crippen molar-refractivity contribution in [3.8, 4) is 0 Å². The number of aryl methyl sites for hydroxylation is 1. The van der Waals surface area contributed by atoms with Crippen LogP contribution in [0.25, 0.3) is 0 Å². The third-order valence-electron chi connectivity index (χ3n) is 7.70. The van der Waals surface area contributed by atoms with Gasteiger partial charge in [0.2, 0.25) is 0 Å². The van der Waals surface area contributed by atoms with Crippen LogP contribution in [0.15, 0.2) is 147 Å². The number of nitrogens with zero attached hydrogens (tertiary/aromatic N) is 1. The number of nitro groups is 1. The Kier molecular flexibility index (Phi) is 13.9. The minimum Gasteiger partial charge on any atom is -0.467 e. The first-order chi connectivity index (χ1) is 24.1. The molecule has 0 spiro atoms. The highest BCUT2D eigenvalue weighted by Crippen LogP contribution is 2.28. The number of non-ortho nitro benzene ring substituents is 1. The molecule has 0 aliphatic carbocycles. The number of rotatable bonds is 13. The number of anilines is 2. The molecule has 0 saturated carbocycles. The Balaban J connectivity index is 0.000000225. The van der Waals surface area contributed by atoms with Crippen molar-refractivity contribution >= 4 is 56.2 Å². The van der Waals surface area contributed by atoms with Crippen molar-refractivity contribution < 1.29 is 23.3 Å². The van der Waals surface area contributed by atoms with Crippen LogP contribution in [-0.4, -0.2) is 16.5 Å². The predicted octanol–water partition coefficient (Wildman–Crippen LogP) is 11.7. The molecule has 2 heterocycles. The van der Waals surface area contributed by atoms with Crippen LogP contribution in [0.5, 0.6) is 0 Å². The smallest absolute Gasteiger partial charge is 0.269 e. The van der Waals surface area contributed by atoms with E-state index in [0.717, 1.165) is 15.9 Å². The fourth-order valence-electron chi connectivity index (χ4n) is 5.03. The summed E-state index contributed by atoms with van der Waals surface area (Å²) in [6.07, 6.45) is 3.64. The van der Waals surface area contributed by atoms with Crippen molar-refractivity contribution in [3.63, 3.8) is 0 Å². The van der Waals surface area contributed by atoms with E-state index in [1.165, 1.54) is 24.0 Å². The van der Waals surface area contributed by atoms with Crippen LogP contribution in [0, 0.1) is 17.0 Å². The van der Waals surface area contributed by atoms with E-state index in [1.54, 1.807) is 54.8 Å². The molecule has 0 saturated heterocycles. The molecule has 0 aliphatic rings. The van der Waals surface area contributed by atoms with Gasteiger partial charge in [-0.25, -0.2) is 0 Å². The molecule has 4 aromatic carbocycles. The van der Waals surface area contributed by atoms with Crippen LogP contribution in [0.1, 0.15) is 70.2 Å². The van der Waals surface area contributed by atoms with Gasteiger partial charge in [0, 0.05) is 57.0 Å². The average molecular weight is 771 g/mol. The van der Waals surface area contributed by atoms with E-state index in [9.17, 15) is 19.7 Å². The number of Topliss-reactive ketones (excluding diaryl/α,β-unsaturated/α-hetero) is 2. The summed E-state index contributed by atoms with van der Waals surface area (Å²) in [5.74, 6) is 1.35. The van der Waals surface area contributed by atoms with Crippen molar-refractivity contribution in [3.05, 3.63) is 182 Å². The maximum atomic E-state index is 12.6. The highest BCUT2D eigenvalue weighted by atomic mass is 79.9. The molecule has 2 unspecified atom stereocenters. The summed E-state index contributed by atoms with van der Waals surface area (Å²) in [5, 5.41) is 17.9. The number of ketones is 2. The number of hydrogen-bond donors (Lipinski definition) is 2. The Labute approximate surface area is 309 Å². The lowest BCUT2D eigenvalue weighted by Gasteiger charge is -2.17. The highest BCUT2D eigenvalue weighted by Gasteiger charge is 2.21. The second-order valence-corrected chi connectivity index (χ2v) is 12.7. The van der Waals surface area contributed by atoms with Gasteiger partial charge in [0.25, 0.3) is 5.69 Å². The van der Waals surface area contributed by atoms with Crippen molar-refractivity contribution in [2.24, 2.45) is 0 Å². The summed E-state index contributed by atoms with van der Waals surface area (Å²) in [4.78, 5) is 35.5. The van der Waals surface area contributed by atoms with Gasteiger partial charge in [0.05, 0.1) is 29.5 Å². The van der Waals surface area contributed by atoms with Crippen molar-refractivity contribution in [1.82, 2.24) is 0 Å². The van der Waals surface area contributed by atoms with Crippen molar-refractivity contribution in [2.75, 3.05) is 10.6 Å². The molecule has 0 bridgehead atoms. The van der Waals surface area contributed by atoms with Gasteiger partial charge in [-0.3, -0.25) is 19.7 Å². The Bertz CT molecular complexity index is 1980. The van der Waals surface area contributed by atoms with Crippen molar-refractivity contribution in [1.29, 1.82) is 0 Å². The molecule has 51 heavy (non-hydrogen) atoms. The van der Waals surface area contributed by atoms with Crippen LogP contribution in [0.3, 0.4) is 0 Å². The normalized spacial score (nSPS) is 11.6. The van der Waals surface area contributed by atoms with Gasteiger partial charge < -0.3 is 19.5 Å². The van der Waals surface area contributed by atoms with Gasteiger partial charge in [0.1, 0.15) is 11.5 Å². The van der Waals surface area contributed by atoms with Gasteiger partial charge >= 0.3 is 0 Å². The predicted molar refractivity (Wildman–Crippen MR) is 205 cm³/mol. The van der Waals surface area contributed by atoms with Gasteiger partial charge in [0.15, 0.2) is 11.6 Å². The minimum absolute atomic E-state index is 0. The molecule has 2 aromatic heterocycles. The van der Waals surface area contributed by atoms with Crippen molar-refractivity contribution in [2.45, 2.75) is 39.3 Å². The van der Waals surface area contributed by atoms with E-state index in [0.29, 0.717) is 34.0 Å². The topological polar surface area (TPSA) is 128 Å². The highest BCUT2D eigenvalue weighted by molar-refractivity contribution is 9.10. The van der Waals surface area contributed by atoms with Gasteiger partial charge in [-0.1, -0.05) is 64.8 Å². The molecule has 2 N–H and O–H groups in total. The zero-order chi connectivity index (χ0) is 35.5. The van der Waals surface area contributed by atoms with E-state index < -0.39 is 11.0 Å². The number of carbonyl (C=O) groups excluding carboxylic acids is 2. The number of furan rings is 2. The molecule has 0 radical (unpaired) electrons. The number of carbonyl (C=O) groups is 2. The summed E-state index contributed by atoms with van der Waals surface area (Å²) in [6, 6.07) is 34.8. The maximum Gasteiger partial charge on any atom is 0.269 e. The van der Waals surface area contributed by atoms with Crippen LogP contribution in [0.4, 0.5) is 17.1 Å². The van der Waals surface area contributed by atoms with Crippen LogP contribution >= 0.6 is 27.5 Å². The molecular weight excluding hydrogens is 734 g/mol. The van der Waals surface area contributed by atoms with Crippen LogP contribution < -0.4 is 10.6 Å². The van der Waals surface area contributed by atoms with E-state index in [-0.39, 0.29) is 37.1 Å². The van der Waals surface area contributed by atoms with Gasteiger partial charge in [-0.05, 0) is 91.9 Å². The molecule has 6 rings (SSSR count). The Morgan fingerprint density at radius 3 is 1.55 bits per heavy atom. The van der Waals surface area contributed by atoms with Crippen LogP contribution in [0.2, 0.25) is 5.02 Å². The summed E-state index contributed by atoms with van der Waals surface area (Å²) in [5.41, 5.74) is 4.06. The molecule has 0 aliphatic heterocycles. The second kappa shape index (κ2) is 18.5. The average Bonchev–Trinajstić information content (AvgIpc) is 3.86. The maximum absolute atomic E-state index is 12.6. The van der Waals surface area contributed by atoms with E-state index in [1.807, 2.05) is 67.6 Å². The number of nitro benzene ring substituents is 1. The first kappa shape index (κ1) is 38.4. The van der Waals surface area contributed by atoms with E-state index in [4.69, 9.17) is 20.4 Å². The quantitative estimate of drug-likeness (QED) is 0.0675. The number of hydrogen-bond acceptors (Lipinski definition) is 8. The zero-order valence-electron chi connectivity index (χ0n) is 26.9. The second-order valence-electron chi connectivity index (χ2n) is 11.4. The molecule has 0 fully saturated rings. The Hall–Kier alpha value is -5.45. The molecule has 262 valence electrons. The molecule has 6 aromatic rings. The standard InChI is InChI=1S/C20H18BrNO2.C19H15ClN2O4.CH4/c1-14-4-10-17(11-5-14)22-18(20-3-2-12-24-20)13-19(23)15-6-8-16(21)9-7-15;20-14-5-3-13(4-6-14)18(23)12-17(19-2-1-11-26-19)21-15-7-9-16(10-8-15)22(24)25;/h2-12,18,22H,13H2,1H3;1-11,17,21H,12H2;1H4. The fourth-order valence-corrected chi connectivity index (χ4v) is 5.42. The Morgan fingerprint density at radius 1 is 0.706 bits per heavy atom. The first-order valence-corrected chi connectivity index (χ1v) is 16.8. The summed E-state index contributed by atoms with van der Waals surface area (Å²) >= 11 is 9.25. The lowest BCUT2D eigenvalue weighted by molar-refractivity contribution is -0.384. The third-order valence-corrected chi connectivity index (χ3v) is 8.48.